The molecule has 14 heavy (non-hydrogen) atoms. The minimum atomic E-state index is -0.707. The number of rotatable bonds is 1. The van der Waals surface area contributed by atoms with Gasteiger partial charge in [-0.05, 0) is 6.92 Å². The summed E-state index contributed by atoms with van der Waals surface area (Å²) in [4.78, 5) is 0. The number of fused-ring (bicyclic) bond motifs is 1. The fourth-order valence-corrected chi connectivity index (χ4v) is 1.38. The molecule has 1 aromatic heterocycles. The zero-order valence-electron chi connectivity index (χ0n) is 7.42. The van der Waals surface area contributed by atoms with Crippen LogP contribution in [-0.4, -0.2) is 5.16 Å². The van der Waals surface area contributed by atoms with E-state index in [1.165, 1.54) is 13.1 Å². The molecule has 5 heteroatoms. The van der Waals surface area contributed by atoms with Gasteiger partial charge in [-0.15, -0.1) is 0 Å². The average molecular weight is 198 g/mol. The fraction of sp³-hybridized carbons (Fsp3) is 0.222. The van der Waals surface area contributed by atoms with E-state index < -0.39 is 17.7 Å². The third-order valence-electron chi connectivity index (χ3n) is 2.04. The first-order chi connectivity index (χ1) is 6.61. The largest absolute Gasteiger partial charge is 0.356 e. The zero-order chi connectivity index (χ0) is 10.3. The van der Waals surface area contributed by atoms with Gasteiger partial charge in [0, 0.05) is 17.7 Å². The van der Waals surface area contributed by atoms with Crippen molar-refractivity contribution >= 4 is 11.0 Å². The van der Waals surface area contributed by atoms with E-state index in [2.05, 4.69) is 9.68 Å². The predicted molar refractivity (Wildman–Crippen MR) is 46.5 cm³/mol. The Bertz CT molecular complexity index is 479. The molecule has 0 aliphatic rings. The van der Waals surface area contributed by atoms with Crippen LogP contribution in [0.25, 0.3) is 11.0 Å². The Morgan fingerprint density at radius 1 is 1.50 bits per heavy atom. The summed E-state index contributed by atoms with van der Waals surface area (Å²) in [6, 6.07) is 0.388. The summed E-state index contributed by atoms with van der Waals surface area (Å²) >= 11 is 0. The van der Waals surface area contributed by atoms with Crippen molar-refractivity contribution in [2.75, 3.05) is 0 Å². The van der Waals surface area contributed by atoms with Crippen LogP contribution in [0.4, 0.5) is 8.78 Å². The van der Waals surface area contributed by atoms with Crippen LogP contribution in [0.15, 0.2) is 16.8 Å². The van der Waals surface area contributed by atoms with Crippen LogP contribution in [0.1, 0.15) is 18.5 Å². The summed E-state index contributed by atoms with van der Waals surface area (Å²) in [7, 11) is 0. The van der Waals surface area contributed by atoms with Gasteiger partial charge in [0.2, 0.25) is 0 Å². The average Bonchev–Trinajstić information content (AvgIpc) is 2.50. The molecule has 74 valence electrons. The van der Waals surface area contributed by atoms with Crippen LogP contribution in [0.3, 0.4) is 0 Å². The maximum atomic E-state index is 13.6. The Balaban J connectivity index is 2.82. The molecule has 0 radical (unpaired) electrons. The van der Waals surface area contributed by atoms with E-state index in [0.717, 1.165) is 6.07 Å². The minimum Gasteiger partial charge on any atom is -0.356 e. The molecule has 1 unspecified atom stereocenters. The zero-order valence-corrected chi connectivity index (χ0v) is 7.42. The van der Waals surface area contributed by atoms with Crippen molar-refractivity contribution in [2.24, 2.45) is 5.73 Å². The molecule has 2 N–H and O–H groups in total. The lowest BCUT2D eigenvalue weighted by Crippen LogP contribution is -2.10. The van der Waals surface area contributed by atoms with Gasteiger partial charge in [0.1, 0.15) is 11.6 Å². The highest BCUT2D eigenvalue weighted by molar-refractivity contribution is 5.77. The van der Waals surface area contributed by atoms with Crippen molar-refractivity contribution in [3.63, 3.8) is 0 Å². The Morgan fingerprint density at radius 3 is 2.86 bits per heavy atom. The van der Waals surface area contributed by atoms with Gasteiger partial charge in [-0.3, -0.25) is 0 Å². The highest BCUT2D eigenvalue weighted by atomic mass is 19.1. The van der Waals surface area contributed by atoms with Crippen molar-refractivity contribution in [1.29, 1.82) is 0 Å². The van der Waals surface area contributed by atoms with Gasteiger partial charge >= 0.3 is 0 Å². The van der Waals surface area contributed by atoms with Gasteiger partial charge in [0.15, 0.2) is 5.58 Å². The van der Waals surface area contributed by atoms with E-state index in [1.54, 1.807) is 0 Å². The molecule has 0 amide bonds. The Kier molecular flexibility index (Phi) is 1.96. The lowest BCUT2D eigenvalue weighted by atomic mass is 10.1. The molecule has 0 aliphatic carbocycles. The van der Waals surface area contributed by atoms with E-state index in [9.17, 15) is 8.78 Å². The lowest BCUT2D eigenvalue weighted by molar-refractivity contribution is 0.453. The molecule has 0 spiro atoms. The van der Waals surface area contributed by atoms with Crippen molar-refractivity contribution in [2.45, 2.75) is 13.0 Å². The van der Waals surface area contributed by atoms with E-state index in [1.807, 2.05) is 0 Å². The molecule has 0 aliphatic heterocycles. The number of hydrogen-bond acceptors (Lipinski definition) is 3. The second-order valence-electron chi connectivity index (χ2n) is 3.11. The quantitative estimate of drug-likeness (QED) is 0.763. The summed E-state index contributed by atoms with van der Waals surface area (Å²) in [5.41, 5.74) is 5.39. The second-order valence-corrected chi connectivity index (χ2v) is 3.11. The lowest BCUT2D eigenvalue weighted by Gasteiger charge is -2.08. The van der Waals surface area contributed by atoms with Gasteiger partial charge in [0.25, 0.3) is 0 Å². The SMILES string of the molecule is CC(N)c1c(F)cc2oncc2c1F. The molecule has 0 saturated heterocycles. The molecule has 0 fully saturated rings. The molecule has 2 rings (SSSR count). The molecule has 1 aromatic carbocycles. The number of nitrogens with two attached hydrogens (primary N) is 1. The highest BCUT2D eigenvalue weighted by Crippen LogP contribution is 2.26. The summed E-state index contributed by atoms with van der Waals surface area (Å²) in [6.07, 6.45) is 1.20. The Morgan fingerprint density at radius 2 is 2.21 bits per heavy atom. The van der Waals surface area contributed by atoms with E-state index in [0.29, 0.717) is 0 Å². The molecule has 3 nitrogen and oxygen atoms in total. The van der Waals surface area contributed by atoms with Gasteiger partial charge in [0.05, 0.1) is 11.6 Å². The minimum absolute atomic E-state index is 0.0874. The van der Waals surface area contributed by atoms with Crippen molar-refractivity contribution in [1.82, 2.24) is 5.16 Å². The van der Waals surface area contributed by atoms with Crippen molar-refractivity contribution in [3.8, 4) is 0 Å². The topological polar surface area (TPSA) is 52.0 Å². The first-order valence-corrected chi connectivity index (χ1v) is 4.09. The maximum Gasteiger partial charge on any atom is 0.172 e. The van der Waals surface area contributed by atoms with Gasteiger partial charge < -0.3 is 10.3 Å². The summed E-state index contributed by atoms with van der Waals surface area (Å²) in [6.45, 7) is 1.51. The summed E-state index contributed by atoms with van der Waals surface area (Å²) in [5.74, 6) is -1.40. The van der Waals surface area contributed by atoms with Gasteiger partial charge in [-0.25, -0.2) is 8.78 Å². The Labute approximate surface area is 78.5 Å². The summed E-state index contributed by atoms with van der Waals surface area (Å²) < 4.78 is 31.5. The van der Waals surface area contributed by atoms with Crippen LogP contribution in [0, 0.1) is 11.6 Å². The smallest absolute Gasteiger partial charge is 0.172 e. The van der Waals surface area contributed by atoms with Crippen molar-refractivity contribution in [3.05, 3.63) is 29.5 Å². The van der Waals surface area contributed by atoms with Crippen LogP contribution in [-0.2, 0) is 0 Å². The van der Waals surface area contributed by atoms with E-state index in [4.69, 9.17) is 5.73 Å². The van der Waals surface area contributed by atoms with Crippen LogP contribution in [0.2, 0.25) is 0 Å². The third kappa shape index (κ3) is 1.17. The van der Waals surface area contributed by atoms with Gasteiger partial charge in [-0.2, -0.15) is 0 Å². The number of benzene rings is 1. The molecular formula is C9H8F2N2O. The molecule has 0 saturated carbocycles. The number of nitrogens with zero attached hydrogens (tertiary/aromatic N) is 1. The molecule has 1 heterocycles. The summed E-state index contributed by atoms with van der Waals surface area (Å²) in [5, 5.41) is 3.53. The van der Waals surface area contributed by atoms with Crippen LogP contribution in [0.5, 0.6) is 0 Å². The van der Waals surface area contributed by atoms with Crippen LogP contribution < -0.4 is 5.73 Å². The first kappa shape index (κ1) is 9.08. The van der Waals surface area contributed by atoms with Gasteiger partial charge in [-0.1, -0.05) is 5.16 Å². The highest BCUT2D eigenvalue weighted by Gasteiger charge is 2.18. The Hall–Kier alpha value is -1.49. The molecule has 2 aromatic rings. The van der Waals surface area contributed by atoms with E-state index >= 15 is 0 Å². The maximum absolute atomic E-state index is 13.6. The predicted octanol–water partition coefficient (Wildman–Crippen LogP) is 2.13. The molecule has 0 bridgehead atoms. The normalized spacial score (nSPS) is 13.4. The monoisotopic (exact) mass is 198 g/mol. The second kappa shape index (κ2) is 3.02. The number of aromatic nitrogens is 1. The van der Waals surface area contributed by atoms with Crippen LogP contribution >= 0.6 is 0 Å². The van der Waals surface area contributed by atoms with Crippen molar-refractivity contribution < 1.29 is 13.3 Å². The number of hydrogen-bond donors (Lipinski definition) is 1. The third-order valence-corrected chi connectivity index (χ3v) is 2.04. The molecular weight excluding hydrogens is 190 g/mol. The first-order valence-electron chi connectivity index (χ1n) is 4.09. The standard InChI is InChI=1S/C9H8F2N2O/c1-4(12)8-6(10)2-7-5(9(8)11)3-13-14-7/h2-4H,12H2,1H3. The fourth-order valence-electron chi connectivity index (χ4n) is 1.38. The number of halogens is 2. The van der Waals surface area contributed by atoms with E-state index in [-0.39, 0.29) is 16.5 Å². The molecule has 1 atom stereocenters.